The second-order valence-corrected chi connectivity index (χ2v) is 3.64. The predicted octanol–water partition coefficient (Wildman–Crippen LogP) is 1.52. The SMILES string of the molecule is CCNCCC[C@H]1CCCCN1. The molecule has 1 rings (SSSR count). The number of piperidine rings is 1. The lowest BCUT2D eigenvalue weighted by atomic mass is 10.0. The van der Waals surface area contributed by atoms with Crippen molar-refractivity contribution in [3.05, 3.63) is 0 Å². The minimum absolute atomic E-state index is 0.817. The maximum absolute atomic E-state index is 3.57. The Balaban J connectivity index is 1.91. The van der Waals surface area contributed by atoms with Gasteiger partial charge in [-0.3, -0.25) is 0 Å². The lowest BCUT2D eigenvalue weighted by molar-refractivity contribution is 0.373. The van der Waals surface area contributed by atoms with E-state index >= 15 is 0 Å². The van der Waals surface area contributed by atoms with E-state index in [0.717, 1.165) is 12.6 Å². The first kappa shape index (κ1) is 10.0. The van der Waals surface area contributed by atoms with Gasteiger partial charge < -0.3 is 10.6 Å². The van der Waals surface area contributed by atoms with Gasteiger partial charge in [-0.1, -0.05) is 13.3 Å². The summed E-state index contributed by atoms with van der Waals surface area (Å²) in [6.07, 6.45) is 6.88. The van der Waals surface area contributed by atoms with Crippen LogP contribution in [0.1, 0.15) is 39.0 Å². The molecule has 0 aromatic carbocycles. The lowest BCUT2D eigenvalue weighted by Crippen LogP contribution is -2.34. The monoisotopic (exact) mass is 170 g/mol. The van der Waals surface area contributed by atoms with Crippen molar-refractivity contribution in [2.45, 2.75) is 45.1 Å². The molecule has 1 aliphatic rings. The largest absolute Gasteiger partial charge is 0.317 e. The van der Waals surface area contributed by atoms with E-state index in [-0.39, 0.29) is 0 Å². The Kier molecular flexibility index (Phi) is 5.37. The average Bonchev–Trinajstić information content (AvgIpc) is 2.14. The van der Waals surface area contributed by atoms with Gasteiger partial charge in [0.05, 0.1) is 0 Å². The zero-order chi connectivity index (χ0) is 8.65. The molecule has 2 nitrogen and oxygen atoms in total. The van der Waals surface area contributed by atoms with Crippen molar-refractivity contribution in [2.75, 3.05) is 19.6 Å². The Morgan fingerprint density at radius 3 is 3.00 bits per heavy atom. The Labute approximate surface area is 76.1 Å². The molecule has 0 spiro atoms. The molecule has 72 valence electrons. The van der Waals surface area contributed by atoms with Crippen LogP contribution in [-0.4, -0.2) is 25.7 Å². The second-order valence-electron chi connectivity index (χ2n) is 3.64. The first-order valence-corrected chi connectivity index (χ1v) is 5.37. The Hall–Kier alpha value is -0.0800. The summed E-state index contributed by atoms with van der Waals surface area (Å²) in [4.78, 5) is 0. The molecule has 1 heterocycles. The van der Waals surface area contributed by atoms with E-state index in [9.17, 15) is 0 Å². The van der Waals surface area contributed by atoms with Crippen molar-refractivity contribution >= 4 is 0 Å². The summed E-state index contributed by atoms with van der Waals surface area (Å²) >= 11 is 0. The lowest BCUT2D eigenvalue weighted by Gasteiger charge is -2.23. The third kappa shape index (κ3) is 4.07. The normalized spacial score (nSPS) is 24.2. The summed E-state index contributed by atoms with van der Waals surface area (Å²) in [5, 5.41) is 6.93. The van der Waals surface area contributed by atoms with Crippen molar-refractivity contribution in [2.24, 2.45) is 0 Å². The fourth-order valence-corrected chi connectivity index (χ4v) is 1.82. The minimum atomic E-state index is 0.817. The van der Waals surface area contributed by atoms with Crippen LogP contribution in [0.5, 0.6) is 0 Å². The summed E-state index contributed by atoms with van der Waals surface area (Å²) in [5.41, 5.74) is 0. The Morgan fingerprint density at radius 1 is 1.42 bits per heavy atom. The molecule has 0 saturated carbocycles. The Bertz CT molecular complexity index is 98.0. The molecule has 12 heavy (non-hydrogen) atoms. The molecule has 1 atom stereocenters. The van der Waals surface area contributed by atoms with Crippen LogP contribution < -0.4 is 10.6 Å². The second kappa shape index (κ2) is 6.44. The fourth-order valence-electron chi connectivity index (χ4n) is 1.82. The maximum Gasteiger partial charge on any atom is 0.00675 e. The highest BCUT2D eigenvalue weighted by Crippen LogP contribution is 2.10. The van der Waals surface area contributed by atoms with E-state index in [2.05, 4.69) is 17.6 Å². The molecule has 0 bridgehead atoms. The van der Waals surface area contributed by atoms with Crippen molar-refractivity contribution in [1.82, 2.24) is 10.6 Å². The summed E-state index contributed by atoms with van der Waals surface area (Å²) in [6, 6.07) is 0.817. The topological polar surface area (TPSA) is 24.1 Å². The van der Waals surface area contributed by atoms with Crippen molar-refractivity contribution < 1.29 is 0 Å². The molecule has 0 radical (unpaired) electrons. The van der Waals surface area contributed by atoms with Gasteiger partial charge in [-0.05, 0) is 45.3 Å². The van der Waals surface area contributed by atoms with E-state index < -0.39 is 0 Å². The molecule has 0 aromatic heterocycles. The molecule has 0 aromatic rings. The van der Waals surface area contributed by atoms with E-state index in [1.807, 2.05) is 0 Å². The molecule has 2 N–H and O–H groups in total. The highest BCUT2D eigenvalue weighted by molar-refractivity contribution is 4.71. The zero-order valence-corrected chi connectivity index (χ0v) is 8.23. The van der Waals surface area contributed by atoms with Crippen LogP contribution in [0.4, 0.5) is 0 Å². The van der Waals surface area contributed by atoms with Gasteiger partial charge in [-0.25, -0.2) is 0 Å². The van der Waals surface area contributed by atoms with Gasteiger partial charge in [0.25, 0.3) is 0 Å². The van der Waals surface area contributed by atoms with E-state index in [0.29, 0.717) is 0 Å². The first-order chi connectivity index (χ1) is 5.93. The standard InChI is InChI=1S/C10H22N2/c1-2-11-8-5-7-10-6-3-4-9-12-10/h10-12H,2-9H2,1H3/t10-/m1/s1. The van der Waals surface area contributed by atoms with Gasteiger partial charge in [0, 0.05) is 6.04 Å². The summed E-state index contributed by atoms with van der Waals surface area (Å²) in [5.74, 6) is 0. The number of hydrogen-bond donors (Lipinski definition) is 2. The molecule has 0 aliphatic carbocycles. The van der Waals surface area contributed by atoms with Crippen LogP contribution in [0.25, 0.3) is 0 Å². The number of nitrogens with one attached hydrogen (secondary N) is 2. The third-order valence-electron chi connectivity index (χ3n) is 2.57. The number of hydrogen-bond acceptors (Lipinski definition) is 2. The van der Waals surface area contributed by atoms with Gasteiger partial charge in [0.1, 0.15) is 0 Å². The smallest absolute Gasteiger partial charge is 0.00675 e. The van der Waals surface area contributed by atoms with E-state index in [1.54, 1.807) is 0 Å². The van der Waals surface area contributed by atoms with Crippen LogP contribution in [-0.2, 0) is 0 Å². The molecule has 1 fully saturated rings. The van der Waals surface area contributed by atoms with Crippen LogP contribution in [0, 0.1) is 0 Å². The molecule has 0 amide bonds. The predicted molar refractivity (Wildman–Crippen MR) is 53.4 cm³/mol. The molecule has 2 heteroatoms. The highest BCUT2D eigenvalue weighted by Gasteiger charge is 2.10. The van der Waals surface area contributed by atoms with Crippen LogP contribution >= 0.6 is 0 Å². The quantitative estimate of drug-likeness (QED) is 0.611. The van der Waals surface area contributed by atoms with Crippen LogP contribution in [0.15, 0.2) is 0 Å². The van der Waals surface area contributed by atoms with E-state index in [4.69, 9.17) is 0 Å². The maximum atomic E-state index is 3.57. The van der Waals surface area contributed by atoms with Crippen LogP contribution in [0.3, 0.4) is 0 Å². The zero-order valence-electron chi connectivity index (χ0n) is 8.23. The summed E-state index contributed by atoms with van der Waals surface area (Å²) in [6.45, 7) is 5.71. The summed E-state index contributed by atoms with van der Waals surface area (Å²) in [7, 11) is 0. The fraction of sp³-hybridized carbons (Fsp3) is 1.00. The van der Waals surface area contributed by atoms with Gasteiger partial charge in [0.15, 0.2) is 0 Å². The van der Waals surface area contributed by atoms with Crippen molar-refractivity contribution in [3.8, 4) is 0 Å². The molecular weight excluding hydrogens is 148 g/mol. The number of rotatable bonds is 5. The molecular formula is C10H22N2. The highest BCUT2D eigenvalue weighted by atomic mass is 14.9. The van der Waals surface area contributed by atoms with Gasteiger partial charge >= 0.3 is 0 Å². The van der Waals surface area contributed by atoms with Crippen molar-refractivity contribution in [3.63, 3.8) is 0 Å². The van der Waals surface area contributed by atoms with Crippen molar-refractivity contribution in [1.29, 1.82) is 0 Å². The molecule has 1 saturated heterocycles. The molecule has 0 unspecified atom stereocenters. The van der Waals surface area contributed by atoms with E-state index in [1.165, 1.54) is 45.2 Å². The Morgan fingerprint density at radius 2 is 2.33 bits per heavy atom. The van der Waals surface area contributed by atoms with Gasteiger partial charge in [-0.15, -0.1) is 0 Å². The first-order valence-electron chi connectivity index (χ1n) is 5.37. The van der Waals surface area contributed by atoms with Gasteiger partial charge in [-0.2, -0.15) is 0 Å². The molecule has 1 aliphatic heterocycles. The van der Waals surface area contributed by atoms with Gasteiger partial charge in [0.2, 0.25) is 0 Å². The third-order valence-corrected chi connectivity index (χ3v) is 2.57. The summed E-state index contributed by atoms with van der Waals surface area (Å²) < 4.78 is 0. The average molecular weight is 170 g/mol. The van der Waals surface area contributed by atoms with Crippen LogP contribution in [0.2, 0.25) is 0 Å². The minimum Gasteiger partial charge on any atom is -0.317 e.